The molecule has 1 aromatic carbocycles. The Morgan fingerprint density at radius 1 is 1.28 bits per heavy atom. The lowest BCUT2D eigenvalue weighted by molar-refractivity contribution is -0.124. The molecule has 2 saturated heterocycles. The van der Waals surface area contributed by atoms with Crippen LogP contribution in [0, 0.1) is 6.92 Å². The number of imide groups is 1. The van der Waals surface area contributed by atoms with Crippen molar-refractivity contribution in [2.75, 3.05) is 18.8 Å². The van der Waals surface area contributed by atoms with E-state index in [0.717, 1.165) is 75.2 Å². The summed E-state index contributed by atoms with van der Waals surface area (Å²) in [7, 11) is 0. The molecule has 0 radical (unpaired) electrons. The van der Waals surface area contributed by atoms with Gasteiger partial charge < -0.3 is 10.1 Å². The van der Waals surface area contributed by atoms with E-state index in [4.69, 9.17) is 16.3 Å². The van der Waals surface area contributed by atoms with Crippen LogP contribution in [0.5, 0.6) is 5.75 Å². The number of hydrogen-bond donors (Lipinski definition) is 1. The first kappa shape index (κ1) is 21.7. The Kier molecular flexibility index (Phi) is 6.11. The van der Waals surface area contributed by atoms with E-state index >= 15 is 0 Å². The standard InChI is InChI=1S/C23H22ClN3O3S2/c1-13-7-14(24)8-18(21(13)30-15-3-2-5-25-10-15)17-4-6-26-19-9-16(32-22(17)19)11-27-20(28)12-31-23(27)29/h4,6-9,15,25H,2-3,5,10-12H2,1H3. The Bertz CT molecular complexity index is 1190. The molecule has 166 valence electrons. The Morgan fingerprint density at radius 2 is 2.16 bits per heavy atom. The van der Waals surface area contributed by atoms with Crippen LogP contribution in [-0.4, -0.2) is 46.0 Å². The molecule has 2 aromatic heterocycles. The normalized spacial score (nSPS) is 19.2. The molecule has 2 aliphatic heterocycles. The minimum absolute atomic E-state index is 0.114. The van der Waals surface area contributed by atoms with Crippen LogP contribution in [-0.2, 0) is 11.3 Å². The third-order valence-electron chi connectivity index (χ3n) is 5.68. The maximum absolute atomic E-state index is 12.0. The molecule has 0 bridgehead atoms. The summed E-state index contributed by atoms with van der Waals surface area (Å²) in [6.45, 7) is 4.14. The predicted octanol–water partition coefficient (Wildman–Crippen LogP) is 5.25. The number of amides is 2. The van der Waals surface area contributed by atoms with Crippen molar-refractivity contribution in [1.29, 1.82) is 0 Å². The number of nitrogens with one attached hydrogen (secondary N) is 1. The lowest BCUT2D eigenvalue weighted by Crippen LogP contribution is -2.37. The Morgan fingerprint density at radius 3 is 2.91 bits per heavy atom. The monoisotopic (exact) mass is 487 g/mol. The quantitative estimate of drug-likeness (QED) is 0.530. The molecule has 5 rings (SSSR count). The molecule has 6 nitrogen and oxygen atoms in total. The number of ether oxygens (including phenoxy) is 1. The number of aryl methyl sites for hydroxylation is 1. The van der Waals surface area contributed by atoms with Gasteiger partial charge in [0.25, 0.3) is 5.24 Å². The summed E-state index contributed by atoms with van der Waals surface area (Å²) in [5.41, 5.74) is 3.75. The predicted molar refractivity (Wildman–Crippen MR) is 130 cm³/mol. The fraction of sp³-hybridized carbons (Fsp3) is 0.348. The van der Waals surface area contributed by atoms with Crippen molar-refractivity contribution < 1.29 is 14.3 Å². The number of pyridine rings is 1. The zero-order valence-electron chi connectivity index (χ0n) is 17.5. The van der Waals surface area contributed by atoms with Crippen molar-refractivity contribution in [1.82, 2.24) is 15.2 Å². The zero-order valence-corrected chi connectivity index (χ0v) is 19.9. The highest BCUT2D eigenvalue weighted by Gasteiger charge is 2.30. The van der Waals surface area contributed by atoms with Crippen molar-refractivity contribution in [3.8, 4) is 16.9 Å². The van der Waals surface area contributed by atoms with Gasteiger partial charge in [0.2, 0.25) is 5.91 Å². The molecule has 0 aliphatic carbocycles. The molecule has 1 atom stereocenters. The summed E-state index contributed by atoms with van der Waals surface area (Å²) in [4.78, 5) is 30.8. The number of piperidine rings is 1. The number of hydrogen-bond acceptors (Lipinski definition) is 7. The average Bonchev–Trinajstić information content (AvgIpc) is 3.34. The van der Waals surface area contributed by atoms with E-state index in [1.807, 2.05) is 31.2 Å². The minimum Gasteiger partial charge on any atom is -0.488 e. The van der Waals surface area contributed by atoms with Gasteiger partial charge in [0, 0.05) is 33.8 Å². The van der Waals surface area contributed by atoms with Crippen LogP contribution >= 0.6 is 34.7 Å². The Balaban J connectivity index is 1.55. The van der Waals surface area contributed by atoms with Gasteiger partial charge in [-0.15, -0.1) is 11.3 Å². The van der Waals surface area contributed by atoms with Gasteiger partial charge in [-0.05, 0) is 56.1 Å². The lowest BCUT2D eigenvalue weighted by Gasteiger charge is -2.26. The third kappa shape index (κ3) is 4.24. The number of rotatable bonds is 5. The Hall–Kier alpha value is -2.13. The van der Waals surface area contributed by atoms with Gasteiger partial charge in [0.05, 0.1) is 22.5 Å². The van der Waals surface area contributed by atoms with Crippen LogP contribution in [0.2, 0.25) is 5.02 Å². The van der Waals surface area contributed by atoms with Crippen LogP contribution in [0.15, 0.2) is 30.5 Å². The van der Waals surface area contributed by atoms with Crippen LogP contribution in [0.1, 0.15) is 23.3 Å². The summed E-state index contributed by atoms with van der Waals surface area (Å²) in [5, 5.41) is 3.86. The highest BCUT2D eigenvalue weighted by atomic mass is 35.5. The molecule has 2 aliphatic rings. The highest BCUT2D eigenvalue weighted by molar-refractivity contribution is 8.14. The van der Waals surface area contributed by atoms with Crippen LogP contribution < -0.4 is 10.1 Å². The molecular weight excluding hydrogens is 466 g/mol. The molecular formula is C23H22ClN3O3S2. The lowest BCUT2D eigenvalue weighted by atomic mass is 10.0. The molecule has 0 spiro atoms. The fourth-order valence-corrected chi connectivity index (χ4v) is 6.27. The number of halogens is 1. The Labute approximate surface area is 199 Å². The summed E-state index contributed by atoms with van der Waals surface area (Å²) < 4.78 is 7.47. The first-order valence-electron chi connectivity index (χ1n) is 10.5. The van der Waals surface area contributed by atoms with Crippen LogP contribution in [0.3, 0.4) is 0 Å². The number of fused-ring (bicyclic) bond motifs is 1. The van der Waals surface area contributed by atoms with E-state index in [2.05, 4.69) is 10.3 Å². The van der Waals surface area contributed by atoms with Gasteiger partial charge >= 0.3 is 0 Å². The van der Waals surface area contributed by atoms with Crippen molar-refractivity contribution >= 4 is 56.1 Å². The molecule has 0 saturated carbocycles. The molecule has 2 amide bonds. The number of nitrogens with zero attached hydrogens (tertiary/aromatic N) is 2. The largest absolute Gasteiger partial charge is 0.488 e. The summed E-state index contributed by atoms with van der Waals surface area (Å²) in [6.07, 6.45) is 3.99. The maximum atomic E-state index is 12.0. The van der Waals surface area contributed by atoms with E-state index in [-0.39, 0.29) is 29.5 Å². The van der Waals surface area contributed by atoms with Crippen molar-refractivity contribution in [2.45, 2.75) is 32.4 Å². The van der Waals surface area contributed by atoms with Gasteiger partial charge in [0.1, 0.15) is 11.9 Å². The molecule has 1 N–H and O–H groups in total. The summed E-state index contributed by atoms with van der Waals surface area (Å²) in [6, 6.07) is 7.80. The zero-order chi connectivity index (χ0) is 22.2. The van der Waals surface area contributed by atoms with E-state index in [1.54, 1.807) is 17.5 Å². The van der Waals surface area contributed by atoms with Crippen molar-refractivity contribution in [2.24, 2.45) is 0 Å². The van der Waals surface area contributed by atoms with E-state index in [0.29, 0.717) is 5.02 Å². The van der Waals surface area contributed by atoms with Gasteiger partial charge in [-0.3, -0.25) is 19.5 Å². The number of carbonyl (C=O) groups is 2. The van der Waals surface area contributed by atoms with Crippen molar-refractivity contribution in [3.63, 3.8) is 0 Å². The first-order chi connectivity index (χ1) is 15.5. The van der Waals surface area contributed by atoms with Gasteiger partial charge in [-0.1, -0.05) is 23.4 Å². The smallest absolute Gasteiger partial charge is 0.289 e. The molecule has 1 unspecified atom stereocenters. The molecule has 4 heterocycles. The second-order valence-corrected chi connectivity index (χ2v) is 10.5. The third-order valence-corrected chi connectivity index (χ3v) is 7.90. The number of thioether (sulfide) groups is 1. The van der Waals surface area contributed by atoms with Crippen LogP contribution in [0.25, 0.3) is 21.3 Å². The van der Waals surface area contributed by atoms with Crippen LogP contribution in [0.4, 0.5) is 4.79 Å². The average molecular weight is 488 g/mol. The second kappa shape index (κ2) is 9.02. The maximum Gasteiger partial charge on any atom is 0.289 e. The molecule has 32 heavy (non-hydrogen) atoms. The number of thiophene rings is 1. The summed E-state index contributed by atoms with van der Waals surface area (Å²) in [5.74, 6) is 0.908. The number of benzene rings is 1. The topological polar surface area (TPSA) is 71.5 Å². The minimum atomic E-state index is -0.192. The SMILES string of the molecule is Cc1cc(Cl)cc(-c2ccnc3cc(CN4C(=O)CSC4=O)sc23)c1OC1CCCNC1. The van der Waals surface area contributed by atoms with E-state index < -0.39 is 0 Å². The highest BCUT2D eigenvalue weighted by Crippen LogP contribution is 2.42. The number of carbonyl (C=O) groups excluding carboxylic acids is 2. The van der Waals surface area contributed by atoms with Gasteiger partial charge in [0.15, 0.2) is 0 Å². The van der Waals surface area contributed by atoms with Gasteiger partial charge in [-0.25, -0.2) is 0 Å². The molecule has 3 aromatic rings. The second-order valence-electron chi connectivity index (χ2n) is 8.01. The first-order valence-corrected chi connectivity index (χ1v) is 12.7. The van der Waals surface area contributed by atoms with Crippen molar-refractivity contribution in [3.05, 3.63) is 45.9 Å². The summed E-state index contributed by atoms with van der Waals surface area (Å²) >= 11 is 9.05. The molecule has 9 heteroatoms. The number of aromatic nitrogens is 1. The molecule has 2 fully saturated rings. The van der Waals surface area contributed by atoms with Gasteiger partial charge in [-0.2, -0.15) is 0 Å². The fourth-order valence-electron chi connectivity index (χ4n) is 4.14. The van der Waals surface area contributed by atoms with E-state index in [9.17, 15) is 9.59 Å². The van der Waals surface area contributed by atoms with E-state index in [1.165, 1.54) is 4.90 Å².